The topological polar surface area (TPSA) is 26.8 Å². The molecule has 0 radical (unpaired) electrons. The Hall–Kier alpha value is -2.92. The van der Waals surface area contributed by atoms with Crippen LogP contribution < -0.4 is 14.7 Å². The zero-order valence-electron chi connectivity index (χ0n) is 16.5. The fourth-order valence-corrected chi connectivity index (χ4v) is 4.52. The van der Waals surface area contributed by atoms with Gasteiger partial charge in [0.1, 0.15) is 0 Å². The van der Waals surface area contributed by atoms with Crippen molar-refractivity contribution in [1.82, 2.24) is 0 Å². The zero-order chi connectivity index (χ0) is 19.8. The molecule has 0 unspecified atom stereocenters. The molecule has 3 aromatic rings. The Kier molecular flexibility index (Phi) is 4.77. The van der Waals surface area contributed by atoms with E-state index in [2.05, 4.69) is 51.1 Å². The molecule has 0 bridgehead atoms. The monoisotopic (exact) mass is 389 g/mol. The molecular weight excluding hydrogens is 366 g/mol. The molecule has 0 aromatic heterocycles. The number of anilines is 5. The largest absolute Gasteiger partial charge is 0.378 e. The van der Waals surface area contributed by atoms with Crippen LogP contribution in [-0.2, 0) is 0 Å². The van der Waals surface area contributed by atoms with E-state index < -0.39 is 0 Å². The highest BCUT2D eigenvalue weighted by molar-refractivity contribution is 7.99. The third-order valence-corrected chi connectivity index (χ3v) is 6.02. The average molecular weight is 390 g/mol. The summed E-state index contributed by atoms with van der Waals surface area (Å²) in [6.07, 6.45) is 0.929. The van der Waals surface area contributed by atoms with Gasteiger partial charge in [-0.05, 0) is 48.5 Å². The van der Waals surface area contributed by atoms with Crippen LogP contribution in [0, 0.1) is 0 Å². The minimum absolute atomic E-state index is 0.680. The van der Waals surface area contributed by atoms with Crippen molar-refractivity contribution in [3.8, 4) is 0 Å². The Balaban J connectivity index is 1.96. The van der Waals surface area contributed by atoms with E-state index in [1.165, 1.54) is 9.79 Å². The molecule has 4 rings (SSSR count). The molecule has 0 saturated heterocycles. The molecule has 3 aromatic carbocycles. The maximum atomic E-state index is 11.7. The van der Waals surface area contributed by atoms with E-state index in [0.29, 0.717) is 5.56 Å². The highest BCUT2D eigenvalue weighted by Crippen LogP contribution is 2.53. The summed E-state index contributed by atoms with van der Waals surface area (Å²) in [6, 6.07) is 20.7. The molecule has 0 atom stereocenters. The van der Waals surface area contributed by atoms with Crippen LogP contribution in [0.1, 0.15) is 10.4 Å². The van der Waals surface area contributed by atoms with Crippen LogP contribution in [0.5, 0.6) is 0 Å². The lowest BCUT2D eigenvalue weighted by molar-refractivity contribution is 0.112. The van der Waals surface area contributed by atoms with E-state index in [4.69, 9.17) is 0 Å². The van der Waals surface area contributed by atoms with Gasteiger partial charge in [0.15, 0.2) is 6.29 Å². The average Bonchev–Trinajstić information content (AvgIpc) is 2.71. The second-order valence-electron chi connectivity index (χ2n) is 7.21. The quantitative estimate of drug-likeness (QED) is 0.426. The van der Waals surface area contributed by atoms with Gasteiger partial charge in [0.25, 0.3) is 0 Å². The minimum atomic E-state index is 0.680. The summed E-state index contributed by atoms with van der Waals surface area (Å²) in [7, 11) is 8.19. The second-order valence-corrected chi connectivity index (χ2v) is 8.29. The lowest BCUT2D eigenvalue weighted by atomic mass is 10.1. The third-order valence-electron chi connectivity index (χ3n) is 4.93. The van der Waals surface area contributed by atoms with Crippen LogP contribution in [0.25, 0.3) is 0 Å². The first-order valence-electron chi connectivity index (χ1n) is 9.14. The number of benzene rings is 3. The minimum Gasteiger partial charge on any atom is -0.378 e. The summed E-state index contributed by atoms with van der Waals surface area (Å²) >= 11 is 1.77. The predicted octanol–water partition coefficient (Wildman–Crippen LogP) is 5.57. The van der Waals surface area contributed by atoms with Gasteiger partial charge in [-0.3, -0.25) is 4.79 Å². The van der Waals surface area contributed by atoms with Crippen LogP contribution in [0.2, 0.25) is 0 Å². The van der Waals surface area contributed by atoms with Gasteiger partial charge in [0, 0.05) is 54.9 Å². The van der Waals surface area contributed by atoms with E-state index in [-0.39, 0.29) is 0 Å². The summed E-state index contributed by atoms with van der Waals surface area (Å²) < 4.78 is 0. The number of hydrogen-bond donors (Lipinski definition) is 0. The summed E-state index contributed by atoms with van der Waals surface area (Å²) in [5, 5.41) is 0. The first kappa shape index (κ1) is 18.4. The number of aldehydes is 1. The van der Waals surface area contributed by atoms with Crippen LogP contribution in [-0.4, -0.2) is 34.5 Å². The van der Waals surface area contributed by atoms with Crippen molar-refractivity contribution >= 4 is 46.5 Å². The molecule has 5 heteroatoms. The molecule has 0 fully saturated rings. The Labute approximate surface area is 170 Å². The van der Waals surface area contributed by atoms with E-state index in [1.807, 2.05) is 52.5 Å². The number of hydrogen-bond acceptors (Lipinski definition) is 5. The SMILES string of the molecule is CN(C)c1ccc2c(c1)Sc1cc(N(C)C)ccc1N2c1ccccc1C=O. The second kappa shape index (κ2) is 7.24. The van der Waals surface area contributed by atoms with E-state index in [9.17, 15) is 4.79 Å². The molecular formula is C23H23N3OS. The number of rotatable bonds is 4. The fourth-order valence-electron chi connectivity index (χ4n) is 3.39. The summed E-state index contributed by atoms with van der Waals surface area (Å²) in [6.45, 7) is 0. The number of carbonyl (C=O) groups is 1. The van der Waals surface area contributed by atoms with Crippen molar-refractivity contribution in [2.75, 3.05) is 42.9 Å². The van der Waals surface area contributed by atoms with Crippen LogP contribution in [0.3, 0.4) is 0 Å². The zero-order valence-corrected chi connectivity index (χ0v) is 17.3. The molecule has 28 heavy (non-hydrogen) atoms. The van der Waals surface area contributed by atoms with E-state index in [0.717, 1.165) is 34.7 Å². The first-order valence-corrected chi connectivity index (χ1v) is 9.96. The lowest BCUT2D eigenvalue weighted by Gasteiger charge is -2.34. The first-order chi connectivity index (χ1) is 13.5. The molecule has 0 spiro atoms. The van der Waals surface area contributed by atoms with Gasteiger partial charge in [-0.25, -0.2) is 0 Å². The van der Waals surface area contributed by atoms with Gasteiger partial charge < -0.3 is 14.7 Å². The highest BCUT2D eigenvalue weighted by atomic mass is 32.2. The molecule has 1 aliphatic rings. The molecule has 1 heterocycles. The number of fused-ring (bicyclic) bond motifs is 2. The third kappa shape index (κ3) is 3.12. The van der Waals surface area contributed by atoms with Gasteiger partial charge in [0.2, 0.25) is 0 Å². The van der Waals surface area contributed by atoms with Crippen molar-refractivity contribution < 1.29 is 4.79 Å². The summed E-state index contributed by atoms with van der Waals surface area (Å²) in [4.78, 5) is 20.5. The number of carbonyl (C=O) groups excluding carboxylic acids is 1. The molecule has 0 N–H and O–H groups in total. The Morgan fingerprint density at radius 2 is 1.29 bits per heavy atom. The number of para-hydroxylation sites is 1. The van der Waals surface area contributed by atoms with Crippen molar-refractivity contribution in [3.05, 3.63) is 66.2 Å². The predicted molar refractivity (Wildman–Crippen MR) is 119 cm³/mol. The standard InChI is InChI=1S/C23H23N3OS/c1-24(2)17-9-11-20-22(13-17)28-23-14-18(25(3)4)10-12-21(23)26(20)19-8-6-5-7-16(19)15-27/h5-15H,1-4H3. The normalized spacial score (nSPS) is 12.2. The van der Waals surface area contributed by atoms with Crippen LogP contribution in [0.4, 0.5) is 28.4 Å². The smallest absolute Gasteiger partial charge is 0.152 e. The van der Waals surface area contributed by atoms with Gasteiger partial charge >= 0.3 is 0 Å². The number of nitrogens with zero attached hydrogens (tertiary/aromatic N) is 3. The van der Waals surface area contributed by atoms with Crippen molar-refractivity contribution in [2.24, 2.45) is 0 Å². The van der Waals surface area contributed by atoms with Crippen molar-refractivity contribution in [2.45, 2.75) is 9.79 Å². The molecule has 0 saturated carbocycles. The lowest BCUT2D eigenvalue weighted by Crippen LogP contribution is -2.18. The summed E-state index contributed by atoms with van der Waals surface area (Å²) in [5.41, 5.74) is 6.07. The molecule has 142 valence electrons. The van der Waals surface area contributed by atoms with Crippen LogP contribution >= 0.6 is 11.8 Å². The Morgan fingerprint density at radius 1 is 0.750 bits per heavy atom. The van der Waals surface area contributed by atoms with Gasteiger partial charge in [-0.1, -0.05) is 23.9 Å². The van der Waals surface area contributed by atoms with Gasteiger partial charge in [-0.2, -0.15) is 0 Å². The Morgan fingerprint density at radius 3 is 1.79 bits per heavy atom. The van der Waals surface area contributed by atoms with Gasteiger partial charge in [0.05, 0.1) is 17.1 Å². The molecule has 0 aliphatic carbocycles. The van der Waals surface area contributed by atoms with Crippen LogP contribution in [0.15, 0.2) is 70.5 Å². The van der Waals surface area contributed by atoms with E-state index in [1.54, 1.807) is 11.8 Å². The van der Waals surface area contributed by atoms with Crippen molar-refractivity contribution in [3.63, 3.8) is 0 Å². The summed E-state index contributed by atoms with van der Waals surface area (Å²) in [5.74, 6) is 0. The molecule has 4 nitrogen and oxygen atoms in total. The maximum absolute atomic E-state index is 11.7. The maximum Gasteiger partial charge on any atom is 0.152 e. The molecule has 0 amide bonds. The van der Waals surface area contributed by atoms with Gasteiger partial charge in [-0.15, -0.1) is 0 Å². The fraction of sp³-hybridized carbons (Fsp3) is 0.174. The molecule has 1 aliphatic heterocycles. The highest BCUT2D eigenvalue weighted by Gasteiger charge is 2.27. The van der Waals surface area contributed by atoms with E-state index >= 15 is 0 Å². The Bertz CT molecular complexity index is 988. The van der Waals surface area contributed by atoms with Crippen molar-refractivity contribution in [1.29, 1.82) is 0 Å².